The fourth-order valence-corrected chi connectivity index (χ4v) is 2.63. The van der Waals surface area contributed by atoms with Crippen LogP contribution in [0.4, 0.5) is 5.69 Å². The molecule has 0 radical (unpaired) electrons. The predicted molar refractivity (Wildman–Crippen MR) is 85.3 cm³/mol. The SMILES string of the molecule is COCCn1ncc(Br)c1C(=O)CCc1cccc(N)c1. The summed E-state index contributed by atoms with van der Waals surface area (Å²) in [6.07, 6.45) is 2.72. The summed E-state index contributed by atoms with van der Waals surface area (Å²) in [4.78, 5) is 12.4. The van der Waals surface area contributed by atoms with Crippen LogP contribution in [-0.2, 0) is 17.7 Å². The second-order valence-corrected chi connectivity index (χ2v) is 5.58. The molecule has 2 aromatic rings. The van der Waals surface area contributed by atoms with Crippen molar-refractivity contribution in [3.63, 3.8) is 0 Å². The van der Waals surface area contributed by atoms with Gasteiger partial charge in [0.15, 0.2) is 5.78 Å². The smallest absolute Gasteiger partial charge is 0.182 e. The summed E-state index contributed by atoms with van der Waals surface area (Å²) in [7, 11) is 1.62. The van der Waals surface area contributed by atoms with Crippen molar-refractivity contribution in [2.75, 3.05) is 19.5 Å². The third kappa shape index (κ3) is 4.15. The molecular formula is C15H18BrN3O2. The molecule has 0 amide bonds. The molecule has 0 spiro atoms. The molecule has 1 aromatic carbocycles. The van der Waals surface area contributed by atoms with Gasteiger partial charge in [0.2, 0.25) is 0 Å². The van der Waals surface area contributed by atoms with Crippen molar-refractivity contribution in [3.05, 3.63) is 46.2 Å². The number of ether oxygens (including phenoxy) is 1. The summed E-state index contributed by atoms with van der Waals surface area (Å²) in [6.45, 7) is 1.07. The van der Waals surface area contributed by atoms with Crippen LogP contribution in [0.1, 0.15) is 22.5 Å². The van der Waals surface area contributed by atoms with Gasteiger partial charge in [-0.25, -0.2) is 0 Å². The van der Waals surface area contributed by atoms with Crippen LogP contribution in [0.5, 0.6) is 0 Å². The van der Waals surface area contributed by atoms with Gasteiger partial charge in [-0.3, -0.25) is 9.48 Å². The van der Waals surface area contributed by atoms with Crippen LogP contribution in [-0.4, -0.2) is 29.3 Å². The van der Waals surface area contributed by atoms with E-state index in [9.17, 15) is 4.79 Å². The monoisotopic (exact) mass is 351 g/mol. The fourth-order valence-electron chi connectivity index (χ4n) is 2.11. The van der Waals surface area contributed by atoms with Gasteiger partial charge in [-0.2, -0.15) is 5.10 Å². The number of rotatable bonds is 7. The standard InChI is InChI=1S/C15H18BrN3O2/c1-21-8-7-19-15(13(16)10-18-19)14(20)6-5-11-3-2-4-12(17)9-11/h2-4,9-10H,5-8,17H2,1H3. The zero-order valence-corrected chi connectivity index (χ0v) is 13.5. The molecule has 0 bridgehead atoms. The maximum Gasteiger partial charge on any atom is 0.182 e. The third-order valence-corrected chi connectivity index (χ3v) is 3.74. The Hall–Kier alpha value is -1.66. The number of benzene rings is 1. The minimum atomic E-state index is 0.0536. The number of aryl methyl sites for hydroxylation is 1. The molecule has 0 atom stereocenters. The number of nitrogen functional groups attached to an aromatic ring is 1. The predicted octanol–water partition coefficient (Wildman–Crippen LogP) is 2.69. The van der Waals surface area contributed by atoms with E-state index in [1.165, 1.54) is 0 Å². The van der Waals surface area contributed by atoms with Crippen molar-refractivity contribution >= 4 is 27.4 Å². The average molecular weight is 352 g/mol. The van der Waals surface area contributed by atoms with E-state index in [4.69, 9.17) is 10.5 Å². The number of hydrogen-bond acceptors (Lipinski definition) is 4. The summed E-state index contributed by atoms with van der Waals surface area (Å²) in [5.74, 6) is 0.0536. The maximum absolute atomic E-state index is 12.4. The second kappa shape index (κ2) is 7.38. The highest BCUT2D eigenvalue weighted by atomic mass is 79.9. The molecule has 112 valence electrons. The minimum Gasteiger partial charge on any atom is -0.399 e. The summed E-state index contributed by atoms with van der Waals surface area (Å²) in [5, 5.41) is 4.19. The number of halogens is 1. The van der Waals surface area contributed by atoms with E-state index in [2.05, 4.69) is 21.0 Å². The highest BCUT2D eigenvalue weighted by Gasteiger charge is 2.16. The zero-order valence-electron chi connectivity index (χ0n) is 11.9. The number of anilines is 1. The summed E-state index contributed by atoms with van der Waals surface area (Å²) >= 11 is 3.38. The van der Waals surface area contributed by atoms with Crippen molar-refractivity contribution in [2.45, 2.75) is 19.4 Å². The number of carbonyl (C=O) groups excluding carboxylic acids is 1. The lowest BCUT2D eigenvalue weighted by atomic mass is 10.1. The first-order valence-electron chi connectivity index (χ1n) is 6.69. The summed E-state index contributed by atoms with van der Waals surface area (Å²) in [5.41, 5.74) is 8.11. The van der Waals surface area contributed by atoms with E-state index in [-0.39, 0.29) is 5.78 Å². The summed E-state index contributed by atoms with van der Waals surface area (Å²) < 4.78 is 7.43. The van der Waals surface area contributed by atoms with E-state index < -0.39 is 0 Å². The van der Waals surface area contributed by atoms with Gasteiger partial charge in [-0.05, 0) is 40.0 Å². The molecule has 0 fully saturated rings. The number of hydrogen-bond donors (Lipinski definition) is 1. The van der Waals surface area contributed by atoms with Gasteiger partial charge < -0.3 is 10.5 Å². The first-order valence-corrected chi connectivity index (χ1v) is 7.49. The lowest BCUT2D eigenvalue weighted by molar-refractivity contribution is 0.0968. The van der Waals surface area contributed by atoms with Crippen LogP contribution < -0.4 is 5.73 Å². The Morgan fingerprint density at radius 1 is 1.48 bits per heavy atom. The summed E-state index contributed by atoms with van der Waals surface area (Å²) in [6, 6.07) is 7.60. The maximum atomic E-state index is 12.4. The Labute approximate surface area is 132 Å². The number of nitrogens with two attached hydrogens (primary N) is 1. The molecule has 21 heavy (non-hydrogen) atoms. The largest absolute Gasteiger partial charge is 0.399 e. The van der Waals surface area contributed by atoms with E-state index >= 15 is 0 Å². The van der Waals surface area contributed by atoms with Gasteiger partial charge in [-0.1, -0.05) is 12.1 Å². The molecule has 0 saturated heterocycles. The number of methoxy groups -OCH3 is 1. The van der Waals surface area contributed by atoms with E-state index in [0.29, 0.717) is 37.4 Å². The van der Waals surface area contributed by atoms with Gasteiger partial charge in [0, 0.05) is 19.2 Å². The molecule has 0 aliphatic carbocycles. The van der Waals surface area contributed by atoms with Crippen LogP contribution in [0.3, 0.4) is 0 Å². The van der Waals surface area contributed by atoms with Gasteiger partial charge in [0.1, 0.15) is 5.69 Å². The Kier molecular flexibility index (Phi) is 5.52. The number of aromatic nitrogens is 2. The Balaban J connectivity index is 2.04. The second-order valence-electron chi connectivity index (χ2n) is 4.73. The molecule has 1 aromatic heterocycles. The number of Topliss-reactive ketones (excluding diaryl/α,β-unsaturated/α-hetero) is 1. The molecule has 0 aliphatic rings. The molecule has 5 nitrogen and oxygen atoms in total. The molecule has 1 heterocycles. The minimum absolute atomic E-state index is 0.0536. The molecule has 0 aliphatic heterocycles. The number of nitrogens with zero attached hydrogens (tertiary/aromatic N) is 2. The number of carbonyl (C=O) groups is 1. The van der Waals surface area contributed by atoms with Gasteiger partial charge >= 0.3 is 0 Å². The van der Waals surface area contributed by atoms with Crippen LogP contribution in [0.25, 0.3) is 0 Å². The highest BCUT2D eigenvalue weighted by Crippen LogP contribution is 2.19. The van der Waals surface area contributed by atoms with Crippen LogP contribution in [0.15, 0.2) is 34.9 Å². The van der Waals surface area contributed by atoms with Crippen molar-refractivity contribution < 1.29 is 9.53 Å². The zero-order chi connectivity index (χ0) is 15.2. The number of ketones is 1. The highest BCUT2D eigenvalue weighted by molar-refractivity contribution is 9.10. The lowest BCUT2D eigenvalue weighted by Crippen LogP contribution is -2.14. The first-order chi connectivity index (χ1) is 10.1. The van der Waals surface area contributed by atoms with E-state index in [0.717, 1.165) is 10.0 Å². The molecule has 0 saturated carbocycles. The lowest BCUT2D eigenvalue weighted by Gasteiger charge is -2.07. The molecule has 6 heteroatoms. The topological polar surface area (TPSA) is 70.1 Å². The van der Waals surface area contributed by atoms with Crippen molar-refractivity contribution in [2.24, 2.45) is 0 Å². The van der Waals surface area contributed by atoms with E-state index in [1.807, 2.05) is 24.3 Å². The fraction of sp³-hybridized carbons (Fsp3) is 0.333. The molecule has 0 unspecified atom stereocenters. The van der Waals surface area contributed by atoms with Crippen LogP contribution >= 0.6 is 15.9 Å². The third-order valence-electron chi connectivity index (χ3n) is 3.16. The van der Waals surface area contributed by atoms with Crippen molar-refractivity contribution in [1.82, 2.24) is 9.78 Å². The van der Waals surface area contributed by atoms with E-state index in [1.54, 1.807) is 18.0 Å². The molecule has 2 N–H and O–H groups in total. The van der Waals surface area contributed by atoms with Crippen LogP contribution in [0, 0.1) is 0 Å². The van der Waals surface area contributed by atoms with Crippen LogP contribution in [0.2, 0.25) is 0 Å². The van der Waals surface area contributed by atoms with Crippen molar-refractivity contribution in [3.8, 4) is 0 Å². The Bertz CT molecular complexity index is 625. The van der Waals surface area contributed by atoms with Gasteiger partial charge in [0.25, 0.3) is 0 Å². The molecule has 2 rings (SSSR count). The first kappa shape index (κ1) is 15.7. The quantitative estimate of drug-likeness (QED) is 0.614. The molecular weight excluding hydrogens is 334 g/mol. The van der Waals surface area contributed by atoms with Gasteiger partial charge in [-0.15, -0.1) is 0 Å². The van der Waals surface area contributed by atoms with Crippen molar-refractivity contribution in [1.29, 1.82) is 0 Å². The average Bonchev–Trinajstić information content (AvgIpc) is 2.83. The Morgan fingerprint density at radius 2 is 2.29 bits per heavy atom. The normalized spacial score (nSPS) is 10.8. The van der Waals surface area contributed by atoms with Gasteiger partial charge in [0.05, 0.1) is 23.8 Å². The Morgan fingerprint density at radius 3 is 3.00 bits per heavy atom.